The Hall–Kier alpha value is -1.12. The third kappa shape index (κ3) is 3.32. The highest BCUT2D eigenvalue weighted by atomic mass is 16.5. The molecule has 1 aromatic rings. The van der Waals surface area contributed by atoms with Crippen LogP contribution in [0.2, 0.25) is 0 Å². The van der Waals surface area contributed by atoms with Crippen molar-refractivity contribution < 1.29 is 4.74 Å². The second-order valence-corrected chi connectivity index (χ2v) is 3.63. The van der Waals surface area contributed by atoms with Gasteiger partial charge in [0.2, 0.25) is 0 Å². The molecule has 0 bridgehead atoms. The van der Waals surface area contributed by atoms with Gasteiger partial charge in [0, 0.05) is 5.92 Å². The SMILES string of the molecule is CCCCOc1cnc(C(C)C)nc1. The predicted molar refractivity (Wildman–Crippen MR) is 56.5 cm³/mol. The largest absolute Gasteiger partial charge is 0.490 e. The Morgan fingerprint density at radius 2 is 1.93 bits per heavy atom. The minimum Gasteiger partial charge on any atom is -0.490 e. The maximum absolute atomic E-state index is 5.46. The maximum atomic E-state index is 5.46. The second-order valence-electron chi connectivity index (χ2n) is 3.63. The second kappa shape index (κ2) is 5.58. The zero-order chi connectivity index (χ0) is 10.4. The normalized spacial score (nSPS) is 10.6. The Kier molecular flexibility index (Phi) is 4.36. The fraction of sp³-hybridized carbons (Fsp3) is 0.636. The van der Waals surface area contributed by atoms with Gasteiger partial charge in [0.15, 0.2) is 5.75 Å². The van der Waals surface area contributed by atoms with E-state index in [4.69, 9.17) is 4.74 Å². The minimum atomic E-state index is 0.375. The summed E-state index contributed by atoms with van der Waals surface area (Å²) in [4.78, 5) is 8.44. The van der Waals surface area contributed by atoms with E-state index in [0.29, 0.717) is 5.92 Å². The first-order chi connectivity index (χ1) is 6.74. The van der Waals surface area contributed by atoms with Crippen LogP contribution in [-0.4, -0.2) is 16.6 Å². The first kappa shape index (κ1) is 11.0. The van der Waals surface area contributed by atoms with Crippen LogP contribution in [0.25, 0.3) is 0 Å². The van der Waals surface area contributed by atoms with E-state index in [1.165, 1.54) is 0 Å². The summed E-state index contributed by atoms with van der Waals surface area (Å²) < 4.78 is 5.46. The van der Waals surface area contributed by atoms with Crippen LogP contribution in [0.4, 0.5) is 0 Å². The minimum absolute atomic E-state index is 0.375. The molecule has 1 aromatic heterocycles. The highest BCUT2D eigenvalue weighted by Crippen LogP contribution is 2.12. The van der Waals surface area contributed by atoms with E-state index in [1.807, 2.05) is 0 Å². The van der Waals surface area contributed by atoms with Crippen molar-refractivity contribution in [1.82, 2.24) is 9.97 Å². The van der Waals surface area contributed by atoms with Gasteiger partial charge in [0.25, 0.3) is 0 Å². The number of hydrogen-bond acceptors (Lipinski definition) is 3. The maximum Gasteiger partial charge on any atom is 0.155 e. The third-order valence-electron chi connectivity index (χ3n) is 1.93. The van der Waals surface area contributed by atoms with Gasteiger partial charge in [-0.15, -0.1) is 0 Å². The van der Waals surface area contributed by atoms with Gasteiger partial charge in [0.05, 0.1) is 19.0 Å². The molecule has 0 aliphatic carbocycles. The highest BCUT2D eigenvalue weighted by Gasteiger charge is 2.02. The van der Waals surface area contributed by atoms with Crippen molar-refractivity contribution in [3.63, 3.8) is 0 Å². The first-order valence-electron chi connectivity index (χ1n) is 5.18. The fourth-order valence-corrected chi connectivity index (χ4v) is 1.03. The topological polar surface area (TPSA) is 35.0 Å². The highest BCUT2D eigenvalue weighted by molar-refractivity contribution is 5.13. The molecule has 0 fully saturated rings. The van der Waals surface area contributed by atoms with Crippen molar-refractivity contribution in [1.29, 1.82) is 0 Å². The van der Waals surface area contributed by atoms with Crippen molar-refractivity contribution in [3.05, 3.63) is 18.2 Å². The molecule has 0 saturated carbocycles. The van der Waals surface area contributed by atoms with Crippen molar-refractivity contribution in [2.24, 2.45) is 0 Å². The summed E-state index contributed by atoms with van der Waals surface area (Å²) in [5.74, 6) is 2.01. The number of aromatic nitrogens is 2. The zero-order valence-electron chi connectivity index (χ0n) is 9.16. The van der Waals surface area contributed by atoms with E-state index >= 15 is 0 Å². The molecular weight excluding hydrogens is 176 g/mol. The zero-order valence-corrected chi connectivity index (χ0v) is 9.16. The number of ether oxygens (including phenoxy) is 1. The summed E-state index contributed by atoms with van der Waals surface area (Å²) in [6.07, 6.45) is 5.72. The van der Waals surface area contributed by atoms with Crippen LogP contribution in [0.3, 0.4) is 0 Å². The van der Waals surface area contributed by atoms with Gasteiger partial charge in [-0.1, -0.05) is 27.2 Å². The van der Waals surface area contributed by atoms with E-state index < -0.39 is 0 Å². The molecule has 3 heteroatoms. The summed E-state index contributed by atoms with van der Waals surface area (Å²) in [6.45, 7) is 7.04. The molecule has 0 unspecified atom stereocenters. The third-order valence-corrected chi connectivity index (χ3v) is 1.93. The molecule has 0 radical (unpaired) electrons. The van der Waals surface area contributed by atoms with Crippen LogP contribution in [0.15, 0.2) is 12.4 Å². The number of hydrogen-bond donors (Lipinski definition) is 0. The van der Waals surface area contributed by atoms with E-state index in [0.717, 1.165) is 31.0 Å². The monoisotopic (exact) mass is 194 g/mol. The standard InChI is InChI=1S/C11H18N2O/c1-4-5-6-14-10-7-12-11(9(2)3)13-8-10/h7-9H,4-6H2,1-3H3. The lowest BCUT2D eigenvalue weighted by Crippen LogP contribution is -2.00. The molecule has 0 amide bonds. The number of unbranched alkanes of at least 4 members (excludes halogenated alkanes) is 1. The molecule has 14 heavy (non-hydrogen) atoms. The van der Waals surface area contributed by atoms with E-state index in [1.54, 1.807) is 12.4 Å². The Morgan fingerprint density at radius 3 is 2.43 bits per heavy atom. The van der Waals surface area contributed by atoms with Crippen LogP contribution >= 0.6 is 0 Å². The Labute approximate surface area is 85.5 Å². The predicted octanol–water partition coefficient (Wildman–Crippen LogP) is 2.78. The van der Waals surface area contributed by atoms with Gasteiger partial charge in [-0.25, -0.2) is 9.97 Å². The van der Waals surface area contributed by atoms with Crippen LogP contribution in [-0.2, 0) is 0 Å². The smallest absolute Gasteiger partial charge is 0.155 e. The van der Waals surface area contributed by atoms with Gasteiger partial charge < -0.3 is 4.74 Å². The average molecular weight is 194 g/mol. The average Bonchev–Trinajstić information content (AvgIpc) is 2.19. The van der Waals surface area contributed by atoms with Crippen molar-refractivity contribution in [3.8, 4) is 5.75 Å². The molecule has 3 nitrogen and oxygen atoms in total. The van der Waals surface area contributed by atoms with Crippen LogP contribution in [0.5, 0.6) is 5.75 Å². The van der Waals surface area contributed by atoms with Gasteiger partial charge >= 0.3 is 0 Å². The summed E-state index contributed by atoms with van der Waals surface area (Å²) in [5, 5.41) is 0. The van der Waals surface area contributed by atoms with Gasteiger partial charge in [-0.05, 0) is 6.42 Å². The molecule has 0 atom stereocenters. The lowest BCUT2D eigenvalue weighted by molar-refractivity contribution is 0.306. The molecule has 78 valence electrons. The summed E-state index contributed by atoms with van der Waals surface area (Å²) in [7, 11) is 0. The number of rotatable bonds is 5. The van der Waals surface area contributed by atoms with Crippen molar-refractivity contribution in [2.75, 3.05) is 6.61 Å². The molecular formula is C11H18N2O. The van der Waals surface area contributed by atoms with Crippen LogP contribution in [0.1, 0.15) is 45.4 Å². The van der Waals surface area contributed by atoms with Gasteiger partial charge in [-0.3, -0.25) is 0 Å². The fourth-order valence-electron chi connectivity index (χ4n) is 1.03. The summed E-state index contributed by atoms with van der Waals surface area (Å²) in [5.41, 5.74) is 0. The van der Waals surface area contributed by atoms with E-state index in [2.05, 4.69) is 30.7 Å². The Morgan fingerprint density at radius 1 is 1.29 bits per heavy atom. The first-order valence-corrected chi connectivity index (χ1v) is 5.18. The van der Waals surface area contributed by atoms with Gasteiger partial charge in [-0.2, -0.15) is 0 Å². The number of nitrogens with zero attached hydrogens (tertiary/aromatic N) is 2. The summed E-state index contributed by atoms with van der Waals surface area (Å²) in [6, 6.07) is 0. The molecule has 0 aromatic carbocycles. The molecule has 0 saturated heterocycles. The Balaban J connectivity index is 2.47. The molecule has 1 rings (SSSR count). The van der Waals surface area contributed by atoms with Crippen LogP contribution in [0, 0.1) is 0 Å². The summed E-state index contributed by atoms with van der Waals surface area (Å²) >= 11 is 0. The lowest BCUT2D eigenvalue weighted by atomic mass is 10.2. The molecule has 0 aliphatic heterocycles. The molecule has 0 aliphatic rings. The van der Waals surface area contributed by atoms with Crippen molar-refractivity contribution >= 4 is 0 Å². The molecule has 1 heterocycles. The lowest BCUT2D eigenvalue weighted by Gasteiger charge is -2.06. The van der Waals surface area contributed by atoms with E-state index in [9.17, 15) is 0 Å². The van der Waals surface area contributed by atoms with E-state index in [-0.39, 0.29) is 0 Å². The quantitative estimate of drug-likeness (QED) is 0.676. The van der Waals surface area contributed by atoms with Crippen LogP contribution < -0.4 is 4.74 Å². The van der Waals surface area contributed by atoms with Gasteiger partial charge in [0.1, 0.15) is 5.82 Å². The molecule has 0 N–H and O–H groups in total. The Bertz CT molecular complexity index is 256. The van der Waals surface area contributed by atoms with Crippen molar-refractivity contribution in [2.45, 2.75) is 39.5 Å². The molecule has 0 spiro atoms.